The van der Waals surface area contributed by atoms with Crippen molar-refractivity contribution < 1.29 is 13.9 Å². The first-order chi connectivity index (χ1) is 14.7. The molecule has 0 saturated carbocycles. The third kappa shape index (κ3) is 3.59. The number of aromatic nitrogens is 3. The van der Waals surface area contributed by atoms with Crippen LogP contribution in [0.25, 0.3) is 22.2 Å². The lowest BCUT2D eigenvalue weighted by atomic mass is 9.95. The molecule has 3 aromatic heterocycles. The summed E-state index contributed by atoms with van der Waals surface area (Å²) < 4.78 is 11.2. The lowest BCUT2D eigenvalue weighted by Gasteiger charge is -2.13. The Hall–Kier alpha value is -3.13. The quantitative estimate of drug-likeness (QED) is 0.378. The van der Waals surface area contributed by atoms with Crippen LogP contribution in [-0.4, -0.2) is 33.7 Å². The first-order valence-corrected chi connectivity index (χ1v) is 10.8. The van der Waals surface area contributed by atoms with E-state index in [-0.39, 0.29) is 11.7 Å². The van der Waals surface area contributed by atoms with Crippen molar-refractivity contribution in [2.45, 2.75) is 30.7 Å². The van der Waals surface area contributed by atoms with E-state index in [0.717, 1.165) is 41.6 Å². The average Bonchev–Trinajstić information content (AvgIpc) is 3.14. The smallest absolute Gasteiger partial charge is 0.234 e. The van der Waals surface area contributed by atoms with E-state index in [1.54, 1.807) is 31.4 Å². The van der Waals surface area contributed by atoms with Gasteiger partial charge in [-0.1, -0.05) is 11.8 Å². The molecule has 1 aliphatic carbocycles. The molecule has 0 spiro atoms. The van der Waals surface area contributed by atoms with Gasteiger partial charge < -0.3 is 14.5 Å². The van der Waals surface area contributed by atoms with Gasteiger partial charge in [-0.05, 0) is 61.6 Å². The van der Waals surface area contributed by atoms with Gasteiger partial charge in [-0.2, -0.15) is 0 Å². The predicted molar refractivity (Wildman–Crippen MR) is 116 cm³/mol. The number of aryl methyl sites for hydroxylation is 2. The molecule has 152 valence electrons. The number of rotatable bonds is 5. The van der Waals surface area contributed by atoms with Crippen LogP contribution in [0.5, 0.6) is 5.75 Å². The largest absolute Gasteiger partial charge is 0.497 e. The molecule has 5 rings (SSSR count). The molecule has 30 heavy (non-hydrogen) atoms. The molecule has 0 bridgehead atoms. The standard InChI is InChI=1S/C22H20N4O3S/c1-28-15-8-6-14(7-9-15)25-18(27)11-30-22-20-19(23-12-24-22)16-10-13-4-2-3-5-17(13)26-21(16)29-20/h6-10,12H,2-5,11H2,1H3,(H,25,27). The van der Waals surface area contributed by atoms with Gasteiger partial charge in [-0.25, -0.2) is 15.0 Å². The fraction of sp³-hybridized carbons (Fsp3) is 0.273. The summed E-state index contributed by atoms with van der Waals surface area (Å²) in [5.41, 5.74) is 5.05. The highest BCUT2D eigenvalue weighted by Crippen LogP contribution is 2.34. The van der Waals surface area contributed by atoms with Crippen LogP contribution < -0.4 is 10.1 Å². The third-order valence-electron chi connectivity index (χ3n) is 5.20. The number of hydrogen-bond donors (Lipinski definition) is 1. The second kappa shape index (κ2) is 7.95. The zero-order valence-corrected chi connectivity index (χ0v) is 17.3. The van der Waals surface area contributed by atoms with Gasteiger partial charge in [0.1, 0.15) is 22.6 Å². The molecule has 0 radical (unpaired) electrons. The summed E-state index contributed by atoms with van der Waals surface area (Å²) in [5.74, 6) is 0.826. The van der Waals surface area contributed by atoms with Crippen molar-refractivity contribution in [2.75, 3.05) is 18.2 Å². The number of nitrogens with one attached hydrogen (secondary N) is 1. The zero-order chi connectivity index (χ0) is 20.5. The number of anilines is 1. The zero-order valence-electron chi connectivity index (χ0n) is 16.5. The maximum Gasteiger partial charge on any atom is 0.234 e. The van der Waals surface area contributed by atoms with Crippen LogP contribution in [0.3, 0.4) is 0 Å². The average molecular weight is 420 g/mol. The first kappa shape index (κ1) is 18.9. The van der Waals surface area contributed by atoms with E-state index < -0.39 is 0 Å². The number of fused-ring (bicyclic) bond motifs is 4. The maximum absolute atomic E-state index is 12.4. The minimum absolute atomic E-state index is 0.123. The molecule has 0 saturated heterocycles. The van der Waals surface area contributed by atoms with Crippen molar-refractivity contribution in [2.24, 2.45) is 0 Å². The second-order valence-corrected chi connectivity index (χ2v) is 8.14. The summed E-state index contributed by atoms with van der Waals surface area (Å²) in [6.45, 7) is 0. The molecule has 3 heterocycles. The fourth-order valence-corrected chi connectivity index (χ4v) is 4.44. The van der Waals surface area contributed by atoms with Crippen LogP contribution in [-0.2, 0) is 17.6 Å². The molecule has 1 aliphatic rings. The van der Waals surface area contributed by atoms with E-state index in [1.807, 2.05) is 0 Å². The van der Waals surface area contributed by atoms with Gasteiger partial charge in [0, 0.05) is 11.4 Å². The molecule has 4 aromatic rings. The molecule has 0 aliphatic heterocycles. The van der Waals surface area contributed by atoms with E-state index in [9.17, 15) is 4.79 Å². The Balaban J connectivity index is 1.36. The number of carbonyl (C=O) groups excluding carboxylic acids is 1. The SMILES string of the molecule is COc1ccc(NC(=O)CSc2ncnc3c2oc2nc4c(cc23)CCCC4)cc1. The van der Waals surface area contributed by atoms with E-state index in [0.29, 0.717) is 22.0 Å². The monoisotopic (exact) mass is 420 g/mol. The Morgan fingerprint density at radius 3 is 2.87 bits per heavy atom. The third-order valence-corrected chi connectivity index (χ3v) is 6.18. The van der Waals surface area contributed by atoms with Crippen LogP contribution in [0, 0.1) is 0 Å². The number of methoxy groups -OCH3 is 1. The van der Waals surface area contributed by atoms with Crippen LogP contribution in [0.15, 0.2) is 46.1 Å². The number of furan rings is 1. The number of amides is 1. The Morgan fingerprint density at radius 2 is 2.03 bits per heavy atom. The fourth-order valence-electron chi connectivity index (χ4n) is 3.71. The van der Waals surface area contributed by atoms with E-state index in [4.69, 9.17) is 14.1 Å². The molecular weight excluding hydrogens is 400 g/mol. The lowest BCUT2D eigenvalue weighted by Crippen LogP contribution is -2.14. The van der Waals surface area contributed by atoms with Crippen molar-refractivity contribution in [1.82, 2.24) is 15.0 Å². The summed E-state index contributed by atoms with van der Waals surface area (Å²) in [6, 6.07) is 9.36. The number of carbonyl (C=O) groups is 1. The van der Waals surface area contributed by atoms with E-state index in [1.165, 1.54) is 30.1 Å². The van der Waals surface area contributed by atoms with Crippen LogP contribution in [0.4, 0.5) is 5.69 Å². The van der Waals surface area contributed by atoms with Crippen molar-refractivity contribution >= 4 is 45.6 Å². The maximum atomic E-state index is 12.4. The molecule has 0 fully saturated rings. The molecule has 1 amide bonds. The van der Waals surface area contributed by atoms with Crippen LogP contribution in [0.2, 0.25) is 0 Å². The molecule has 0 atom stereocenters. The number of thioether (sulfide) groups is 1. The highest BCUT2D eigenvalue weighted by atomic mass is 32.2. The topological polar surface area (TPSA) is 90.1 Å². The summed E-state index contributed by atoms with van der Waals surface area (Å²) in [6.07, 6.45) is 5.90. The summed E-state index contributed by atoms with van der Waals surface area (Å²) >= 11 is 1.32. The minimum Gasteiger partial charge on any atom is -0.497 e. The molecule has 0 unspecified atom stereocenters. The molecule has 8 heteroatoms. The van der Waals surface area contributed by atoms with Gasteiger partial charge in [0.2, 0.25) is 11.6 Å². The predicted octanol–water partition coefficient (Wildman–Crippen LogP) is 4.39. The highest BCUT2D eigenvalue weighted by Gasteiger charge is 2.19. The van der Waals surface area contributed by atoms with Gasteiger partial charge in [0.25, 0.3) is 0 Å². The van der Waals surface area contributed by atoms with Gasteiger partial charge in [0.05, 0.1) is 18.2 Å². The number of pyridine rings is 1. The van der Waals surface area contributed by atoms with Gasteiger partial charge in [-0.3, -0.25) is 4.79 Å². The van der Waals surface area contributed by atoms with Crippen molar-refractivity contribution in [3.63, 3.8) is 0 Å². The Bertz CT molecular complexity index is 1240. The van der Waals surface area contributed by atoms with Gasteiger partial charge in [0.15, 0.2) is 5.58 Å². The molecule has 1 N–H and O–H groups in total. The number of benzene rings is 1. The first-order valence-electron chi connectivity index (χ1n) is 9.84. The van der Waals surface area contributed by atoms with Crippen LogP contribution in [0.1, 0.15) is 24.1 Å². The summed E-state index contributed by atoms with van der Waals surface area (Å²) in [7, 11) is 1.61. The number of ether oxygens (including phenoxy) is 1. The molecular formula is C22H20N4O3S. The lowest BCUT2D eigenvalue weighted by molar-refractivity contribution is -0.113. The number of nitrogens with zero attached hydrogens (tertiary/aromatic N) is 3. The summed E-state index contributed by atoms with van der Waals surface area (Å²) in [5, 5.41) is 4.43. The van der Waals surface area contributed by atoms with E-state index >= 15 is 0 Å². The molecule has 7 nitrogen and oxygen atoms in total. The second-order valence-electron chi connectivity index (χ2n) is 7.18. The Labute approximate surface area is 177 Å². The van der Waals surface area contributed by atoms with Crippen LogP contribution >= 0.6 is 11.8 Å². The molecule has 1 aromatic carbocycles. The van der Waals surface area contributed by atoms with Crippen molar-refractivity contribution in [1.29, 1.82) is 0 Å². The van der Waals surface area contributed by atoms with Crippen molar-refractivity contribution in [3.05, 3.63) is 47.9 Å². The van der Waals surface area contributed by atoms with Gasteiger partial charge in [-0.15, -0.1) is 0 Å². The van der Waals surface area contributed by atoms with Gasteiger partial charge >= 0.3 is 0 Å². The number of hydrogen-bond acceptors (Lipinski definition) is 7. The Kier molecular flexibility index (Phi) is 5.00. The summed E-state index contributed by atoms with van der Waals surface area (Å²) in [4.78, 5) is 25.9. The normalized spacial score (nSPS) is 13.4. The highest BCUT2D eigenvalue weighted by molar-refractivity contribution is 8.00. The van der Waals surface area contributed by atoms with Crippen molar-refractivity contribution in [3.8, 4) is 5.75 Å². The van der Waals surface area contributed by atoms with E-state index in [2.05, 4.69) is 21.4 Å². The Morgan fingerprint density at radius 1 is 1.20 bits per heavy atom. The minimum atomic E-state index is -0.123.